The van der Waals surface area contributed by atoms with Gasteiger partial charge < -0.3 is 4.74 Å². The fraction of sp³-hybridized carbons (Fsp3) is 0.263. The number of hydrogen-bond acceptors (Lipinski definition) is 3. The Bertz CT molecular complexity index is 897. The molecule has 0 unspecified atom stereocenters. The van der Waals surface area contributed by atoms with Gasteiger partial charge in [0, 0.05) is 6.26 Å². The van der Waals surface area contributed by atoms with Crippen LogP contribution in [0.5, 0.6) is 5.75 Å². The first-order chi connectivity index (χ1) is 11.4. The molecule has 0 fully saturated rings. The van der Waals surface area contributed by atoms with Crippen molar-refractivity contribution in [2.24, 2.45) is 0 Å². The lowest BCUT2D eigenvalue weighted by Gasteiger charge is -2.11. The van der Waals surface area contributed by atoms with E-state index in [1.54, 1.807) is 19.2 Å². The normalized spacial score (nSPS) is 15.0. The molecule has 0 spiro atoms. The van der Waals surface area contributed by atoms with Crippen LogP contribution in [-0.4, -0.2) is 21.8 Å². The van der Waals surface area contributed by atoms with Crippen molar-refractivity contribution < 1.29 is 13.2 Å². The first kappa shape index (κ1) is 17.1. The lowest BCUT2D eigenvalue weighted by atomic mass is 9.97. The van der Waals surface area contributed by atoms with Crippen molar-refractivity contribution in [3.63, 3.8) is 0 Å². The summed E-state index contributed by atoms with van der Waals surface area (Å²) < 4.78 is 28.5. The van der Waals surface area contributed by atoms with E-state index in [0.717, 1.165) is 30.4 Å². The Morgan fingerprint density at radius 2 is 1.54 bits per heavy atom. The molecule has 1 aliphatic rings. The van der Waals surface area contributed by atoms with Crippen molar-refractivity contribution >= 4 is 32.6 Å². The van der Waals surface area contributed by atoms with Crippen molar-refractivity contribution in [1.29, 1.82) is 0 Å². The van der Waals surface area contributed by atoms with E-state index in [1.807, 2.05) is 30.3 Å². The molecule has 0 N–H and O–H groups in total. The summed E-state index contributed by atoms with van der Waals surface area (Å²) in [6.07, 6.45) is 4.29. The van der Waals surface area contributed by atoms with E-state index in [9.17, 15) is 8.42 Å². The van der Waals surface area contributed by atoms with E-state index in [2.05, 4.69) is 0 Å². The van der Waals surface area contributed by atoms with Crippen LogP contribution in [0.25, 0.3) is 11.1 Å². The zero-order chi connectivity index (χ0) is 17.3. The number of benzene rings is 2. The molecule has 0 saturated heterocycles. The molecule has 3 nitrogen and oxygen atoms in total. The van der Waals surface area contributed by atoms with Gasteiger partial charge in [-0.3, -0.25) is 0 Å². The number of sulfone groups is 1. The van der Waals surface area contributed by atoms with Crippen LogP contribution < -0.4 is 4.74 Å². The third-order valence-electron chi connectivity index (χ3n) is 4.35. The van der Waals surface area contributed by atoms with Gasteiger partial charge in [-0.1, -0.05) is 29.8 Å². The Labute approximate surface area is 147 Å². The second kappa shape index (κ2) is 6.61. The van der Waals surface area contributed by atoms with Crippen LogP contribution in [0.3, 0.4) is 0 Å². The summed E-state index contributed by atoms with van der Waals surface area (Å²) in [5.74, 6) is 0.667. The van der Waals surface area contributed by atoms with Crippen molar-refractivity contribution in [2.45, 2.75) is 24.2 Å². The van der Waals surface area contributed by atoms with Crippen LogP contribution in [-0.2, 0) is 9.84 Å². The minimum Gasteiger partial charge on any atom is -0.495 e. The van der Waals surface area contributed by atoms with Crippen molar-refractivity contribution in [2.75, 3.05) is 13.4 Å². The number of halogens is 1. The van der Waals surface area contributed by atoms with Crippen molar-refractivity contribution in [3.8, 4) is 5.75 Å². The summed E-state index contributed by atoms with van der Waals surface area (Å²) in [5.41, 5.74) is 4.72. The lowest BCUT2D eigenvalue weighted by molar-refractivity contribution is 0.415. The van der Waals surface area contributed by atoms with E-state index in [-0.39, 0.29) is 0 Å². The molecule has 126 valence electrons. The molecule has 0 radical (unpaired) electrons. The average molecular weight is 363 g/mol. The molecule has 0 aromatic heterocycles. The number of allylic oxidation sites excluding steroid dienone is 2. The summed E-state index contributed by atoms with van der Waals surface area (Å²) in [4.78, 5) is 0.347. The van der Waals surface area contributed by atoms with Gasteiger partial charge in [0.1, 0.15) is 5.75 Å². The van der Waals surface area contributed by atoms with E-state index in [4.69, 9.17) is 16.3 Å². The fourth-order valence-electron chi connectivity index (χ4n) is 3.13. The van der Waals surface area contributed by atoms with Gasteiger partial charge in [0.15, 0.2) is 9.84 Å². The van der Waals surface area contributed by atoms with Crippen molar-refractivity contribution in [1.82, 2.24) is 0 Å². The standard InChI is InChI=1S/C19H19ClO3S/c1-23-19-12-14(8-11-18(19)20)17-5-3-4-16(17)13-6-9-15(10-7-13)24(2,21)22/h6-12H,3-5H2,1-2H3. The first-order valence-corrected chi connectivity index (χ1v) is 10.0. The fourth-order valence-corrected chi connectivity index (χ4v) is 3.96. The molecule has 0 amide bonds. The molecule has 5 heteroatoms. The third kappa shape index (κ3) is 3.35. The van der Waals surface area contributed by atoms with E-state index in [0.29, 0.717) is 15.7 Å². The minimum atomic E-state index is -3.17. The van der Waals surface area contributed by atoms with Crippen LogP contribution in [0.1, 0.15) is 30.4 Å². The molecular formula is C19H19ClO3S. The smallest absolute Gasteiger partial charge is 0.175 e. The Kier molecular flexibility index (Phi) is 4.70. The van der Waals surface area contributed by atoms with Gasteiger partial charge in [0.25, 0.3) is 0 Å². The third-order valence-corrected chi connectivity index (χ3v) is 5.79. The maximum absolute atomic E-state index is 11.6. The first-order valence-electron chi connectivity index (χ1n) is 7.76. The summed E-state index contributed by atoms with van der Waals surface area (Å²) in [6.45, 7) is 0. The Morgan fingerprint density at radius 3 is 2.12 bits per heavy atom. The summed E-state index contributed by atoms with van der Waals surface area (Å²) in [7, 11) is -1.56. The molecule has 24 heavy (non-hydrogen) atoms. The zero-order valence-corrected chi connectivity index (χ0v) is 15.2. The van der Waals surface area contributed by atoms with E-state index >= 15 is 0 Å². The Morgan fingerprint density at radius 1 is 0.958 bits per heavy atom. The summed E-state index contributed by atoms with van der Waals surface area (Å²) in [6, 6.07) is 13.0. The molecule has 0 bridgehead atoms. The van der Waals surface area contributed by atoms with Gasteiger partial charge in [0.05, 0.1) is 17.0 Å². The van der Waals surface area contributed by atoms with Gasteiger partial charge in [-0.25, -0.2) is 8.42 Å². The highest BCUT2D eigenvalue weighted by Crippen LogP contribution is 2.41. The van der Waals surface area contributed by atoms with Gasteiger partial charge in [-0.2, -0.15) is 0 Å². The number of methoxy groups -OCH3 is 1. The lowest BCUT2D eigenvalue weighted by Crippen LogP contribution is -1.97. The maximum atomic E-state index is 11.6. The largest absolute Gasteiger partial charge is 0.495 e. The minimum absolute atomic E-state index is 0.347. The second-order valence-corrected chi connectivity index (χ2v) is 8.38. The highest BCUT2D eigenvalue weighted by molar-refractivity contribution is 7.90. The van der Waals surface area contributed by atoms with Crippen LogP contribution >= 0.6 is 11.6 Å². The molecule has 0 atom stereocenters. The number of hydrogen-bond donors (Lipinski definition) is 0. The molecule has 0 saturated carbocycles. The summed E-state index contributed by atoms with van der Waals surface area (Å²) >= 11 is 6.12. The molecule has 0 aliphatic heterocycles. The Balaban J connectivity index is 2.04. The van der Waals surface area contributed by atoms with E-state index < -0.39 is 9.84 Å². The predicted molar refractivity (Wildman–Crippen MR) is 98.2 cm³/mol. The van der Waals surface area contributed by atoms with Gasteiger partial charge in [-0.15, -0.1) is 0 Å². The maximum Gasteiger partial charge on any atom is 0.175 e. The van der Waals surface area contributed by atoms with Gasteiger partial charge in [0.2, 0.25) is 0 Å². The van der Waals surface area contributed by atoms with Crippen LogP contribution in [0, 0.1) is 0 Å². The predicted octanol–water partition coefficient (Wildman–Crippen LogP) is 4.85. The van der Waals surface area contributed by atoms with Gasteiger partial charge in [-0.05, 0) is 65.8 Å². The van der Waals surface area contributed by atoms with E-state index in [1.165, 1.54) is 17.4 Å². The van der Waals surface area contributed by atoms with Crippen molar-refractivity contribution in [3.05, 3.63) is 58.6 Å². The highest BCUT2D eigenvalue weighted by Gasteiger charge is 2.19. The molecule has 1 aliphatic carbocycles. The second-order valence-electron chi connectivity index (χ2n) is 5.96. The molecular weight excluding hydrogens is 344 g/mol. The quantitative estimate of drug-likeness (QED) is 0.781. The Hall–Kier alpha value is -1.78. The van der Waals surface area contributed by atoms with Crippen LogP contribution in [0.4, 0.5) is 0 Å². The SMILES string of the molecule is COc1cc(C2=C(c3ccc(S(C)(=O)=O)cc3)CCC2)ccc1Cl. The molecule has 3 rings (SSSR count). The molecule has 2 aromatic carbocycles. The van der Waals surface area contributed by atoms with Crippen LogP contribution in [0.2, 0.25) is 5.02 Å². The van der Waals surface area contributed by atoms with Crippen LogP contribution in [0.15, 0.2) is 47.4 Å². The van der Waals surface area contributed by atoms with Gasteiger partial charge >= 0.3 is 0 Å². The number of rotatable bonds is 4. The topological polar surface area (TPSA) is 43.4 Å². The molecule has 0 heterocycles. The highest BCUT2D eigenvalue weighted by atomic mass is 35.5. The monoisotopic (exact) mass is 362 g/mol. The number of ether oxygens (including phenoxy) is 1. The average Bonchev–Trinajstić information content (AvgIpc) is 3.04. The molecule has 2 aromatic rings. The summed E-state index contributed by atoms with van der Waals surface area (Å²) in [5, 5.41) is 0.596. The zero-order valence-electron chi connectivity index (χ0n) is 13.7.